The van der Waals surface area contributed by atoms with Gasteiger partial charge in [0.15, 0.2) is 11.5 Å². The number of carbonyl (C=O) groups excluding carboxylic acids is 1. The van der Waals surface area contributed by atoms with Gasteiger partial charge in [-0.2, -0.15) is 0 Å². The summed E-state index contributed by atoms with van der Waals surface area (Å²) in [5.41, 5.74) is 3.22. The minimum Gasteiger partial charge on any atom is -0.497 e. The van der Waals surface area contributed by atoms with Gasteiger partial charge >= 0.3 is 0 Å². The molecule has 0 bridgehead atoms. The van der Waals surface area contributed by atoms with Crippen molar-refractivity contribution in [3.8, 4) is 17.2 Å². The second kappa shape index (κ2) is 11.4. The number of fused-ring (bicyclic) bond motifs is 2. The Kier molecular flexibility index (Phi) is 7.37. The summed E-state index contributed by atoms with van der Waals surface area (Å²) in [6.07, 6.45) is 0.571. The van der Waals surface area contributed by atoms with Gasteiger partial charge in [0.05, 0.1) is 25.8 Å². The molecule has 0 aliphatic carbocycles. The molecule has 1 amide bonds. The van der Waals surface area contributed by atoms with Crippen LogP contribution in [-0.4, -0.2) is 62.5 Å². The van der Waals surface area contributed by atoms with Crippen molar-refractivity contribution in [3.05, 3.63) is 89.2 Å². The molecule has 2 aliphatic rings. The average Bonchev–Trinajstić information content (AvgIpc) is 3.47. The number of benzene rings is 3. The molecular formula is C31H30FN3O5. The summed E-state index contributed by atoms with van der Waals surface area (Å²) in [7, 11) is 1.64. The van der Waals surface area contributed by atoms with Crippen molar-refractivity contribution in [2.75, 3.05) is 51.7 Å². The van der Waals surface area contributed by atoms with Crippen LogP contribution in [0.5, 0.6) is 17.2 Å². The molecular weight excluding hydrogens is 513 g/mol. The number of methoxy groups -OCH3 is 1. The highest BCUT2D eigenvalue weighted by atomic mass is 19.1. The number of nitrogens with zero attached hydrogens (tertiary/aromatic N) is 3. The Morgan fingerprint density at radius 3 is 2.60 bits per heavy atom. The maximum absolute atomic E-state index is 14.0. The molecule has 0 saturated carbocycles. The summed E-state index contributed by atoms with van der Waals surface area (Å²) in [5.74, 6) is 2.32. The van der Waals surface area contributed by atoms with Crippen LogP contribution in [0.4, 0.5) is 10.2 Å². The fourth-order valence-electron chi connectivity index (χ4n) is 5.06. The summed E-state index contributed by atoms with van der Waals surface area (Å²) in [6.45, 7) is 3.56. The molecule has 6 rings (SSSR count). The number of aromatic nitrogens is 1. The van der Waals surface area contributed by atoms with Gasteiger partial charge in [-0.15, -0.1) is 0 Å². The number of pyridine rings is 1. The third kappa shape index (κ3) is 5.51. The van der Waals surface area contributed by atoms with E-state index in [1.165, 1.54) is 12.1 Å². The Morgan fingerprint density at radius 2 is 1.80 bits per heavy atom. The zero-order chi connectivity index (χ0) is 27.5. The molecule has 3 aromatic carbocycles. The van der Waals surface area contributed by atoms with Crippen LogP contribution in [-0.2, 0) is 17.7 Å². The van der Waals surface area contributed by atoms with Gasteiger partial charge in [0.1, 0.15) is 17.4 Å². The summed E-state index contributed by atoms with van der Waals surface area (Å²) < 4.78 is 35.5. The van der Waals surface area contributed by atoms with Gasteiger partial charge in [-0.05, 0) is 60.5 Å². The van der Waals surface area contributed by atoms with E-state index in [-0.39, 0.29) is 18.5 Å². The number of morpholine rings is 1. The third-order valence-electron chi connectivity index (χ3n) is 7.24. The topological polar surface area (TPSA) is 73.4 Å². The second-order valence-electron chi connectivity index (χ2n) is 9.80. The Hall–Kier alpha value is -4.37. The molecule has 9 heteroatoms. The van der Waals surface area contributed by atoms with Crippen LogP contribution in [0.25, 0.3) is 10.9 Å². The number of anilines is 1. The number of hydrogen-bond donors (Lipinski definition) is 0. The Balaban J connectivity index is 1.36. The van der Waals surface area contributed by atoms with E-state index in [4.69, 9.17) is 23.9 Å². The standard InChI is InChI=1S/C31H30FN3O5/c1-37-26-8-4-22-16-24(30(33-27(22)18-26)34-12-14-38-15-13-34)19-35(11-10-21-2-6-25(32)7-3-21)31(36)23-5-9-28-29(17-23)40-20-39-28/h2-9,16-18H,10-15,19-20H2,1H3. The van der Waals surface area contributed by atoms with Gasteiger partial charge < -0.3 is 28.7 Å². The van der Waals surface area contributed by atoms with Crippen LogP contribution in [0, 0.1) is 5.82 Å². The van der Waals surface area contributed by atoms with E-state index in [9.17, 15) is 9.18 Å². The van der Waals surface area contributed by atoms with E-state index >= 15 is 0 Å². The zero-order valence-corrected chi connectivity index (χ0v) is 22.3. The summed E-state index contributed by atoms with van der Waals surface area (Å²) in [4.78, 5) is 23.0. The molecule has 8 nitrogen and oxygen atoms in total. The normalized spacial score (nSPS) is 14.4. The Bertz CT molecular complexity index is 1520. The highest BCUT2D eigenvalue weighted by Gasteiger charge is 2.24. The number of halogens is 1. The first-order valence-corrected chi connectivity index (χ1v) is 13.3. The number of amides is 1. The van der Waals surface area contributed by atoms with E-state index in [2.05, 4.69) is 11.0 Å². The monoisotopic (exact) mass is 543 g/mol. The smallest absolute Gasteiger partial charge is 0.254 e. The van der Waals surface area contributed by atoms with Gasteiger partial charge in [-0.1, -0.05) is 12.1 Å². The fraction of sp³-hybridized carbons (Fsp3) is 0.290. The van der Waals surface area contributed by atoms with Crippen LogP contribution >= 0.6 is 0 Å². The molecule has 0 radical (unpaired) electrons. The van der Waals surface area contributed by atoms with Crippen LogP contribution in [0.1, 0.15) is 21.5 Å². The number of ether oxygens (including phenoxy) is 4. The molecule has 0 unspecified atom stereocenters. The van der Waals surface area contributed by atoms with E-state index in [1.807, 2.05) is 23.1 Å². The highest BCUT2D eigenvalue weighted by Crippen LogP contribution is 2.33. The SMILES string of the molecule is COc1ccc2cc(CN(CCc3ccc(F)cc3)C(=O)c3ccc4c(c3)OCO4)c(N3CCOCC3)nc2c1. The van der Waals surface area contributed by atoms with Crippen molar-refractivity contribution >= 4 is 22.6 Å². The van der Waals surface area contributed by atoms with Crippen LogP contribution in [0.15, 0.2) is 66.7 Å². The van der Waals surface area contributed by atoms with Gasteiger partial charge in [-0.3, -0.25) is 4.79 Å². The van der Waals surface area contributed by atoms with E-state index in [0.717, 1.165) is 33.6 Å². The third-order valence-corrected chi connectivity index (χ3v) is 7.24. The van der Waals surface area contributed by atoms with Gasteiger partial charge in [-0.25, -0.2) is 9.37 Å². The van der Waals surface area contributed by atoms with Crippen LogP contribution in [0.3, 0.4) is 0 Å². The lowest BCUT2D eigenvalue weighted by Crippen LogP contribution is -2.38. The molecule has 1 fully saturated rings. The van der Waals surface area contributed by atoms with E-state index < -0.39 is 0 Å². The quantitative estimate of drug-likeness (QED) is 0.315. The lowest BCUT2D eigenvalue weighted by atomic mass is 10.1. The first-order valence-electron chi connectivity index (χ1n) is 13.3. The number of hydrogen-bond acceptors (Lipinski definition) is 7. The molecule has 4 aromatic rings. The summed E-state index contributed by atoms with van der Waals surface area (Å²) in [5, 5.41) is 0.960. The molecule has 3 heterocycles. The molecule has 206 valence electrons. The van der Waals surface area contributed by atoms with Crippen LogP contribution < -0.4 is 19.1 Å². The van der Waals surface area contributed by atoms with Crippen molar-refractivity contribution in [3.63, 3.8) is 0 Å². The predicted molar refractivity (Wildman–Crippen MR) is 149 cm³/mol. The van der Waals surface area contributed by atoms with E-state index in [0.29, 0.717) is 62.9 Å². The highest BCUT2D eigenvalue weighted by molar-refractivity contribution is 5.95. The summed E-state index contributed by atoms with van der Waals surface area (Å²) in [6, 6.07) is 19.6. The van der Waals surface area contributed by atoms with Crippen molar-refractivity contribution in [1.29, 1.82) is 0 Å². The molecule has 0 N–H and O–H groups in total. The van der Waals surface area contributed by atoms with Crippen molar-refractivity contribution in [2.45, 2.75) is 13.0 Å². The second-order valence-corrected chi connectivity index (χ2v) is 9.80. The van der Waals surface area contributed by atoms with Crippen LogP contribution in [0.2, 0.25) is 0 Å². The fourth-order valence-corrected chi connectivity index (χ4v) is 5.06. The zero-order valence-electron chi connectivity index (χ0n) is 22.3. The van der Waals surface area contributed by atoms with Gasteiger partial charge in [0, 0.05) is 48.8 Å². The molecule has 1 saturated heterocycles. The first kappa shape index (κ1) is 25.9. The Labute approximate surface area is 231 Å². The largest absolute Gasteiger partial charge is 0.497 e. The minimum atomic E-state index is -0.286. The minimum absolute atomic E-state index is 0.136. The molecule has 40 heavy (non-hydrogen) atoms. The summed E-state index contributed by atoms with van der Waals surface area (Å²) >= 11 is 0. The molecule has 1 aromatic heterocycles. The maximum Gasteiger partial charge on any atom is 0.254 e. The molecule has 2 aliphatic heterocycles. The van der Waals surface area contributed by atoms with Gasteiger partial charge in [0.2, 0.25) is 6.79 Å². The molecule has 0 atom stereocenters. The van der Waals surface area contributed by atoms with Crippen molar-refractivity contribution in [1.82, 2.24) is 9.88 Å². The van der Waals surface area contributed by atoms with Gasteiger partial charge in [0.25, 0.3) is 5.91 Å². The number of rotatable bonds is 8. The lowest BCUT2D eigenvalue weighted by molar-refractivity contribution is 0.0744. The average molecular weight is 544 g/mol. The maximum atomic E-state index is 14.0. The Morgan fingerprint density at radius 1 is 1.00 bits per heavy atom. The first-order chi connectivity index (χ1) is 19.6. The lowest BCUT2D eigenvalue weighted by Gasteiger charge is -2.31. The van der Waals surface area contributed by atoms with Crippen molar-refractivity contribution < 1.29 is 28.1 Å². The number of carbonyl (C=O) groups is 1. The molecule has 0 spiro atoms. The predicted octanol–water partition coefficient (Wildman–Crippen LogP) is 4.83. The van der Waals surface area contributed by atoms with E-state index in [1.54, 1.807) is 37.4 Å². The van der Waals surface area contributed by atoms with Crippen molar-refractivity contribution in [2.24, 2.45) is 0 Å².